The number of amides is 2. The summed E-state index contributed by atoms with van der Waals surface area (Å²) in [6.45, 7) is 7.58. The third-order valence-electron chi connectivity index (χ3n) is 6.59. The van der Waals surface area contributed by atoms with Crippen LogP contribution in [0.3, 0.4) is 0 Å². The quantitative estimate of drug-likeness (QED) is 0.546. The van der Waals surface area contributed by atoms with Gasteiger partial charge in [-0.1, -0.05) is 35.4 Å². The van der Waals surface area contributed by atoms with E-state index in [-0.39, 0.29) is 25.2 Å². The number of alkyl carbamates (subject to hydrolysis) is 1. The molecule has 198 valence electrons. The number of nitrogens with one attached hydrogen (secondary N) is 1. The highest BCUT2D eigenvalue weighted by Gasteiger charge is 2.42. The molecule has 3 rings (SSSR count). The van der Waals surface area contributed by atoms with Gasteiger partial charge in [0.05, 0.1) is 24.5 Å². The zero-order valence-corrected chi connectivity index (χ0v) is 22.6. The molecule has 36 heavy (non-hydrogen) atoms. The molecule has 1 saturated heterocycles. The second-order valence-corrected chi connectivity index (χ2v) is 10.7. The van der Waals surface area contributed by atoms with E-state index in [9.17, 15) is 14.7 Å². The lowest BCUT2D eigenvalue weighted by molar-refractivity contribution is -0.152. The van der Waals surface area contributed by atoms with Crippen molar-refractivity contribution in [3.8, 4) is 5.75 Å². The highest BCUT2D eigenvalue weighted by Crippen LogP contribution is 2.37. The predicted octanol–water partition coefficient (Wildman–Crippen LogP) is 4.91. The molecular weight excluding hydrogens is 484 g/mol. The number of hydrogen-bond acceptors (Lipinski definition) is 6. The number of carbonyl (C=O) groups is 2. The van der Waals surface area contributed by atoms with Gasteiger partial charge in [0.2, 0.25) is 5.91 Å². The van der Waals surface area contributed by atoms with Crippen LogP contribution in [0.15, 0.2) is 35.9 Å². The molecule has 0 spiro atoms. The van der Waals surface area contributed by atoms with Gasteiger partial charge in [0.1, 0.15) is 22.6 Å². The van der Waals surface area contributed by atoms with Gasteiger partial charge in [-0.25, -0.2) is 4.79 Å². The van der Waals surface area contributed by atoms with Gasteiger partial charge in [-0.3, -0.25) is 10.1 Å². The summed E-state index contributed by atoms with van der Waals surface area (Å²) in [6.07, 6.45) is 5.46. The van der Waals surface area contributed by atoms with Crippen molar-refractivity contribution < 1.29 is 28.9 Å². The summed E-state index contributed by atoms with van der Waals surface area (Å²) in [6, 6.07) is 3.77. The van der Waals surface area contributed by atoms with Crippen molar-refractivity contribution in [2.45, 2.75) is 83.3 Å². The van der Waals surface area contributed by atoms with Gasteiger partial charge in [0.25, 0.3) is 0 Å². The van der Waals surface area contributed by atoms with E-state index in [0.717, 1.165) is 11.1 Å². The molecule has 0 aromatic heterocycles. The average Bonchev–Trinajstić information content (AvgIpc) is 2.79. The molecule has 1 aromatic rings. The van der Waals surface area contributed by atoms with E-state index in [1.165, 1.54) is 0 Å². The molecule has 2 heterocycles. The second kappa shape index (κ2) is 11.2. The summed E-state index contributed by atoms with van der Waals surface area (Å²) in [5.74, 6) is 0.386. The number of halogens is 1. The summed E-state index contributed by atoms with van der Waals surface area (Å²) < 4.78 is 17.1. The van der Waals surface area contributed by atoms with E-state index in [1.807, 2.05) is 51.1 Å². The van der Waals surface area contributed by atoms with E-state index < -0.39 is 29.6 Å². The molecule has 0 aliphatic carbocycles. The number of methoxy groups -OCH3 is 1. The van der Waals surface area contributed by atoms with E-state index >= 15 is 0 Å². The average molecular weight is 521 g/mol. The van der Waals surface area contributed by atoms with Crippen LogP contribution in [-0.4, -0.2) is 54.8 Å². The largest absolute Gasteiger partial charge is 0.495 e. The Balaban J connectivity index is 1.97. The van der Waals surface area contributed by atoms with Crippen molar-refractivity contribution >= 4 is 29.3 Å². The molecule has 4 bridgehead atoms. The Morgan fingerprint density at radius 2 is 2.00 bits per heavy atom. The lowest BCUT2D eigenvalue weighted by Crippen LogP contribution is -2.58. The monoisotopic (exact) mass is 520 g/mol. The number of hydrogen-bond donors (Lipinski definition) is 2. The molecule has 2 aliphatic rings. The zero-order valence-electron chi connectivity index (χ0n) is 21.9. The van der Waals surface area contributed by atoms with Gasteiger partial charge >= 0.3 is 6.09 Å². The smallest absolute Gasteiger partial charge is 0.409 e. The van der Waals surface area contributed by atoms with Crippen LogP contribution in [0.2, 0.25) is 5.02 Å². The molecule has 9 heteroatoms. The molecule has 3 atom stereocenters. The van der Waals surface area contributed by atoms with Crippen LogP contribution in [0, 0.1) is 0 Å². The van der Waals surface area contributed by atoms with Crippen molar-refractivity contribution in [2.75, 3.05) is 19.1 Å². The summed E-state index contributed by atoms with van der Waals surface area (Å²) in [5, 5.41) is 13.9. The lowest BCUT2D eigenvalue weighted by atomic mass is 9.95. The maximum absolute atomic E-state index is 13.1. The van der Waals surface area contributed by atoms with E-state index in [1.54, 1.807) is 26.0 Å². The third kappa shape index (κ3) is 7.02. The fraction of sp³-hybridized carbons (Fsp3) is 0.556. The van der Waals surface area contributed by atoms with E-state index in [0.29, 0.717) is 29.3 Å². The third-order valence-corrected chi connectivity index (χ3v) is 6.97. The Labute approximate surface area is 218 Å². The highest BCUT2D eigenvalue weighted by molar-refractivity contribution is 6.35. The van der Waals surface area contributed by atoms with Crippen LogP contribution in [0.4, 0.5) is 10.5 Å². The van der Waals surface area contributed by atoms with Crippen molar-refractivity contribution in [2.24, 2.45) is 0 Å². The second-order valence-electron chi connectivity index (χ2n) is 10.3. The number of anilines is 1. The van der Waals surface area contributed by atoms with Crippen molar-refractivity contribution in [3.63, 3.8) is 0 Å². The Kier molecular flexibility index (Phi) is 8.75. The number of fused-ring (bicyclic) bond motifs is 4. The van der Waals surface area contributed by atoms with Crippen molar-refractivity contribution in [3.05, 3.63) is 46.5 Å². The Hall–Kier alpha value is -2.55. The van der Waals surface area contributed by atoms with Crippen LogP contribution < -0.4 is 15.0 Å². The lowest BCUT2D eigenvalue weighted by Gasteiger charge is -2.40. The Morgan fingerprint density at radius 1 is 1.28 bits per heavy atom. The fourth-order valence-electron chi connectivity index (χ4n) is 4.54. The number of allylic oxidation sites excluding steroid dienone is 3. The normalized spacial score (nSPS) is 30.0. The topological polar surface area (TPSA) is 97.3 Å². The molecule has 0 unspecified atom stereocenters. The first-order valence-electron chi connectivity index (χ1n) is 12.2. The van der Waals surface area contributed by atoms with E-state index in [2.05, 4.69) is 5.32 Å². The van der Waals surface area contributed by atoms with Crippen molar-refractivity contribution in [1.82, 2.24) is 5.32 Å². The van der Waals surface area contributed by atoms with Crippen LogP contribution in [0.5, 0.6) is 5.75 Å². The summed E-state index contributed by atoms with van der Waals surface area (Å²) >= 11 is 6.58. The number of aliphatic hydroxyl groups is 1. The summed E-state index contributed by atoms with van der Waals surface area (Å²) in [4.78, 5) is 26.9. The first-order chi connectivity index (χ1) is 16.8. The van der Waals surface area contributed by atoms with Crippen molar-refractivity contribution in [1.29, 1.82) is 0 Å². The number of carbonyl (C=O) groups excluding carboxylic acids is 2. The van der Waals surface area contributed by atoms with Gasteiger partial charge in [0, 0.05) is 26.3 Å². The molecule has 2 N–H and O–H groups in total. The minimum Gasteiger partial charge on any atom is -0.495 e. The van der Waals surface area contributed by atoms with Crippen LogP contribution in [0.1, 0.15) is 58.9 Å². The highest BCUT2D eigenvalue weighted by atomic mass is 35.5. The maximum atomic E-state index is 13.1. The van der Waals surface area contributed by atoms with Crippen LogP contribution >= 0.6 is 11.6 Å². The first kappa shape index (κ1) is 28.0. The summed E-state index contributed by atoms with van der Waals surface area (Å²) in [7, 11) is 3.25. The molecule has 2 amide bonds. The van der Waals surface area contributed by atoms with Crippen LogP contribution in [-0.2, 0) is 20.7 Å². The SMILES string of the molecule is COc1cc2cc(c1Cl)N(C)C(=O)CCC(C)(C)O[C@H](C)[C@@H]1C[C@](O)(C/C=C/C=C(\C)C2)NC(=O)O1. The number of ether oxygens (including phenoxy) is 3. The predicted molar refractivity (Wildman–Crippen MR) is 139 cm³/mol. The van der Waals surface area contributed by atoms with Crippen LogP contribution in [0.25, 0.3) is 0 Å². The molecule has 0 saturated carbocycles. The fourth-order valence-corrected chi connectivity index (χ4v) is 4.85. The molecule has 2 aliphatic heterocycles. The molecule has 1 aromatic carbocycles. The van der Waals surface area contributed by atoms with Gasteiger partial charge in [0.15, 0.2) is 0 Å². The standard InChI is InChI=1S/C27H37ClN2O6/c1-17-9-7-8-11-27(33)16-22(35-25(32)29-27)18(2)36-26(3,4)12-10-23(31)30(5)20-14-19(13-17)15-21(34-6)24(20)28/h7-9,14-15,18,22,33H,10-13,16H2,1-6H3,(H,29,32)/b8-7+,17-9+/t18-,22+,27-/m1/s1. The zero-order chi connectivity index (χ0) is 26.7. The molecule has 8 nitrogen and oxygen atoms in total. The minimum atomic E-state index is -1.44. The minimum absolute atomic E-state index is 0.115. The summed E-state index contributed by atoms with van der Waals surface area (Å²) in [5.41, 5.74) is 0.455. The molecular formula is C27H37ClN2O6. The molecule has 1 fully saturated rings. The first-order valence-corrected chi connectivity index (χ1v) is 12.5. The Bertz CT molecular complexity index is 1050. The molecule has 0 radical (unpaired) electrons. The number of benzene rings is 1. The van der Waals surface area contributed by atoms with Gasteiger partial charge < -0.3 is 24.2 Å². The maximum Gasteiger partial charge on any atom is 0.409 e. The van der Waals surface area contributed by atoms with Gasteiger partial charge in [-0.05, 0) is 58.2 Å². The van der Waals surface area contributed by atoms with E-state index in [4.69, 9.17) is 25.8 Å². The number of rotatable bonds is 1. The number of nitrogens with zero attached hydrogens (tertiary/aromatic N) is 1. The Morgan fingerprint density at radius 3 is 2.69 bits per heavy atom. The van der Waals surface area contributed by atoms with Gasteiger partial charge in [-0.15, -0.1) is 0 Å². The van der Waals surface area contributed by atoms with Gasteiger partial charge in [-0.2, -0.15) is 0 Å².